The zero-order valence-corrected chi connectivity index (χ0v) is 17.8. The second-order valence-corrected chi connectivity index (χ2v) is 8.48. The van der Waals surface area contributed by atoms with Crippen molar-refractivity contribution in [1.29, 1.82) is 0 Å². The molecule has 0 N–H and O–H groups in total. The third kappa shape index (κ3) is 4.42. The molecular weight excluding hydrogens is 433 g/mol. The van der Waals surface area contributed by atoms with Crippen molar-refractivity contribution in [2.75, 3.05) is 0 Å². The van der Waals surface area contributed by atoms with Crippen LogP contribution in [0.5, 0.6) is 5.75 Å². The molecule has 0 bridgehead atoms. The maximum atomic E-state index is 13.0. The molecule has 0 unspecified atom stereocenters. The molecule has 2 aromatic carbocycles. The number of aromatic nitrogens is 5. The Kier molecular flexibility index (Phi) is 5.59. The lowest BCUT2D eigenvalue weighted by molar-refractivity contribution is 0.305. The molecule has 0 spiro atoms. The monoisotopic (exact) mass is 449 g/mol. The van der Waals surface area contributed by atoms with E-state index in [2.05, 4.69) is 20.1 Å². The Morgan fingerprint density at radius 2 is 1.87 bits per heavy atom. The van der Waals surface area contributed by atoms with Gasteiger partial charge in [0.05, 0.1) is 23.0 Å². The van der Waals surface area contributed by atoms with Gasteiger partial charge in [0.15, 0.2) is 5.65 Å². The largest absolute Gasteiger partial charge is 0.486 e. The Morgan fingerprint density at radius 3 is 2.71 bits per heavy atom. The van der Waals surface area contributed by atoms with Crippen LogP contribution in [0.1, 0.15) is 10.7 Å². The number of fused-ring (bicyclic) bond motifs is 1. The quantitative estimate of drug-likeness (QED) is 0.249. The van der Waals surface area contributed by atoms with Crippen LogP contribution in [-0.4, -0.2) is 24.7 Å². The molecule has 0 saturated heterocycles. The first-order valence-electron chi connectivity index (χ1n) is 9.45. The van der Waals surface area contributed by atoms with Crippen molar-refractivity contribution >= 4 is 34.1 Å². The number of hydrogen-bond donors (Lipinski definition) is 0. The molecule has 0 saturated carbocycles. The number of nitrogens with zero attached hydrogens (tertiary/aromatic N) is 5. The fourth-order valence-electron chi connectivity index (χ4n) is 3.00. The zero-order chi connectivity index (χ0) is 21.0. The van der Waals surface area contributed by atoms with Gasteiger partial charge in [0, 0.05) is 11.1 Å². The predicted molar refractivity (Wildman–Crippen MR) is 119 cm³/mol. The number of hydrogen-bond acceptors (Lipinski definition) is 7. The Morgan fingerprint density at radius 1 is 1.03 bits per heavy atom. The molecule has 0 amide bonds. The molecule has 0 aliphatic carbocycles. The zero-order valence-electron chi connectivity index (χ0n) is 16.2. The first-order chi connectivity index (χ1) is 15.3. The van der Waals surface area contributed by atoms with Crippen LogP contribution >= 0.6 is 23.1 Å². The minimum atomic E-state index is -0.283. The second-order valence-electron chi connectivity index (χ2n) is 6.57. The highest BCUT2D eigenvalue weighted by atomic mass is 32.2. The maximum Gasteiger partial charge on any atom is 0.167 e. The molecule has 6 nitrogen and oxygen atoms in total. The number of para-hydroxylation sites is 1. The van der Waals surface area contributed by atoms with Crippen molar-refractivity contribution in [2.45, 2.75) is 17.4 Å². The summed E-state index contributed by atoms with van der Waals surface area (Å²) in [5.74, 6) is 1.01. The summed E-state index contributed by atoms with van der Waals surface area (Å²) in [5, 5.41) is 9.15. The number of thiazole rings is 1. The normalized spacial score (nSPS) is 11.1. The summed E-state index contributed by atoms with van der Waals surface area (Å²) in [6, 6.07) is 15.9. The Labute approximate surface area is 185 Å². The minimum absolute atomic E-state index is 0.283. The Hall–Kier alpha value is -3.30. The maximum absolute atomic E-state index is 13.0. The lowest BCUT2D eigenvalue weighted by atomic mass is 10.3. The summed E-state index contributed by atoms with van der Waals surface area (Å²) in [6.45, 7) is 0.350. The summed E-state index contributed by atoms with van der Waals surface area (Å²) in [6.07, 6.45) is 3.36. The van der Waals surface area contributed by atoms with Crippen LogP contribution in [0.3, 0.4) is 0 Å². The van der Waals surface area contributed by atoms with Crippen LogP contribution in [0.2, 0.25) is 0 Å². The highest BCUT2D eigenvalue weighted by molar-refractivity contribution is 7.98. The molecule has 0 radical (unpaired) electrons. The molecule has 0 atom stereocenters. The number of ether oxygens (including phenoxy) is 1. The highest BCUT2D eigenvalue weighted by Gasteiger charge is 2.12. The van der Waals surface area contributed by atoms with Gasteiger partial charge in [-0.05, 0) is 36.4 Å². The molecule has 0 aliphatic heterocycles. The molecular formula is C22H16FN5OS2. The second kappa shape index (κ2) is 8.83. The van der Waals surface area contributed by atoms with E-state index in [-0.39, 0.29) is 5.82 Å². The van der Waals surface area contributed by atoms with Gasteiger partial charge < -0.3 is 4.74 Å². The molecule has 0 fully saturated rings. The van der Waals surface area contributed by atoms with E-state index in [4.69, 9.17) is 4.74 Å². The third-order valence-electron chi connectivity index (χ3n) is 4.46. The molecule has 5 rings (SSSR count). The van der Waals surface area contributed by atoms with Gasteiger partial charge in [0.1, 0.15) is 34.5 Å². The van der Waals surface area contributed by atoms with E-state index < -0.39 is 0 Å². The van der Waals surface area contributed by atoms with Gasteiger partial charge in [0.25, 0.3) is 0 Å². The van der Waals surface area contributed by atoms with E-state index >= 15 is 0 Å². The summed E-state index contributed by atoms with van der Waals surface area (Å²) in [5.41, 5.74) is 2.68. The van der Waals surface area contributed by atoms with Crippen LogP contribution in [0.25, 0.3) is 16.7 Å². The Balaban J connectivity index is 1.26. The summed E-state index contributed by atoms with van der Waals surface area (Å²) < 4.78 is 20.5. The smallest absolute Gasteiger partial charge is 0.167 e. The summed E-state index contributed by atoms with van der Waals surface area (Å²) in [4.78, 5) is 13.5. The minimum Gasteiger partial charge on any atom is -0.486 e. The average Bonchev–Trinajstić information content (AvgIpc) is 3.45. The van der Waals surface area contributed by atoms with Crippen molar-refractivity contribution in [2.24, 2.45) is 0 Å². The topological polar surface area (TPSA) is 65.7 Å². The summed E-state index contributed by atoms with van der Waals surface area (Å²) >= 11 is 3.14. The highest BCUT2D eigenvalue weighted by Crippen LogP contribution is 2.29. The molecule has 5 aromatic rings. The lowest BCUT2D eigenvalue weighted by Crippen LogP contribution is -1.97. The number of thioether (sulfide) groups is 1. The molecule has 154 valence electrons. The molecule has 9 heteroatoms. The van der Waals surface area contributed by atoms with E-state index in [0.717, 1.165) is 32.4 Å². The van der Waals surface area contributed by atoms with Crippen LogP contribution in [0, 0.1) is 5.82 Å². The van der Waals surface area contributed by atoms with Crippen LogP contribution in [0.15, 0.2) is 77.5 Å². The van der Waals surface area contributed by atoms with Gasteiger partial charge in [-0.2, -0.15) is 5.10 Å². The van der Waals surface area contributed by atoms with Gasteiger partial charge in [0.2, 0.25) is 0 Å². The van der Waals surface area contributed by atoms with E-state index in [1.165, 1.54) is 23.5 Å². The first-order valence-corrected chi connectivity index (χ1v) is 11.3. The molecule has 3 aromatic heterocycles. The van der Waals surface area contributed by atoms with Gasteiger partial charge >= 0.3 is 0 Å². The van der Waals surface area contributed by atoms with Crippen LogP contribution in [-0.2, 0) is 12.4 Å². The van der Waals surface area contributed by atoms with Crippen LogP contribution < -0.4 is 4.74 Å². The molecule has 3 heterocycles. The van der Waals surface area contributed by atoms with Gasteiger partial charge in [-0.3, -0.25) is 0 Å². The predicted octanol–water partition coefficient (Wildman–Crippen LogP) is 5.28. The lowest BCUT2D eigenvalue weighted by Gasteiger charge is -2.04. The van der Waals surface area contributed by atoms with Crippen molar-refractivity contribution in [3.05, 3.63) is 89.0 Å². The van der Waals surface area contributed by atoms with Gasteiger partial charge in [-0.15, -0.1) is 11.3 Å². The van der Waals surface area contributed by atoms with Crippen molar-refractivity contribution in [3.8, 4) is 11.4 Å². The van der Waals surface area contributed by atoms with Crippen molar-refractivity contribution in [3.63, 3.8) is 0 Å². The van der Waals surface area contributed by atoms with Crippen molar-refractivity contribution < 1.29 is 9.13 Å². The third-order valence-corrected chi connectivity index (χ3v) is 6.37. The van der Waals surface area contributed by atoms with E-state index in [1.807, 2.05) is 40.4 Å². The molecule has 0 aliphatic rings. The fraction of sp³-hybridized carbons (Fsp3) is 0.0909. The number of rotatable bonds is 7. The average molecular weight is 450 g/mol. The van der Waals surface area contributed by atoms with Crippen LogP contribution in [0.4, 0.5) is 4.39 Å². The standard InChI is InChI=1S/C22H16FN5OS2/c23-15-6-8-18(9-7-15)29-11-20-27-16(12-30-20)13-31-22-19-10-26-28(21(19)24-14-25-22)17-4-2-1-3-5-17/h1-10,12,14H,11,13H2. The summed E-state index contributed by atoms with van der Waals surface area (Å²) in [7, 11) is 0. The number of halogens is 1. The first kappa shape index (κ1) is 19.7. The van der Waals surface area contributed by atoms with Crippen molar-refractivity contribution in [1.82, 2.24) is 24.7 Å². The van der Waals surface area contributed by atoms with Gasteiger partial charge in [-0.25, -0.2) is 24.0 Å². The molecule has 31 heavy (non-hydrogen) atoms. The SMILES string of the molecule is Fc1ccc(OCc2nc(CSc3ncnc4c3cnn4-c3ccccc3)cs2)cc1. The number of benzene rings is 2. The van der Waals surface area contributed by atoms with Gasteiger partial charge in [-0.1, -0.05) is 30.0 Å². The fourth-order valence-corrected chi connectivity index (χ4v) is 4.66. The van der Waals surface area contributed by atoms with E-state index in [1.54, 1.807) is 36.4 Å². The Bertz CT molecular complexity index is 1300. The van der Waals surface area contributed by atoms with E-state index in [0.29, 0.717) is 18.1 Å². The van der Waals surface area contributed by atoms with E-state index in [9.17, 15) is 4.39 Å².